The molecule has 2 aliphatic rings. The van der Waals surface area contributed by atoms with E-state index in [9.17, 15) is 19.8 Å². The Labute approximate surface area is 130 Å². The van der Waals surface area contributed by atoms with Crippen LogP contribution < -0.4 is 0 Å². The standard InChI is InChI=1S/C17H24O5/c1-8-6-12(22-10(3)18)15(20)9(2)11-7-17(4,5)13(11)16(21)14(8)19/h6,11-14,16,19,21H,2,7H2,1,3-5H3/b8-6-/t11-,12-,13+,14+,16-/m1/s1. The third kappa shape index (κ3) is 2.75. The van der Waals surface area contributed by atoms with Crippen LogP contribution in [0, 0.1) is 17.3 Å². The summed E-state index contributed by atoms with van der Waals surface area (Å²) in [6, 6.07) is 0. The van der Waals surface area contributed by atoms with E-state index in [4.69, 9.17) is 4.74 Å². The van der Waals surface area contributed by atoms with Crippen LogP contribution in [0.1, 0.15) is 34.1 Å². The summed E-state index contributed by atoms with van der Waals surface area (Å²) in [6.45, 7) is 10.7. The van der Waals surface area contributed by atoms with E-state index in [0.29, 0.717) is 17.6 Å². The van der Waals surface area contributed by atoms with E-state index in [1.807, 2.05) is 13.8 Å². The third-order valence-corrected chi connectivity index (χ3v) is 4.97. The molecule has 0 aromatic heterocycles. The highest BCUT2D eigenvalue weighted by Crippen LogP contribution is 2.56. The number of rotatable bonds is 1. The van der Waals surface area contributed by atoms with Gasteiger partial charge in [-0.05, 0) is 47.8 Å². The van der Waals surface area contributed by atoms with Crippen molar-refractivity contribution in [2.75, 3.05) is 0 Å². The molecule has 2 rings (SSSR count). The number of fused-ring (bicyclic) bond motifs is 1. The Hall–Kier alpha value is -1.46. The number of carbonyl (C=O) groups is 2. The van der Waals surface area contributed by atoms with Gasteiger partial charge in [-0.2, -0.15) is 0 Å². The fourth-order valence-corrected chi connectivity index (χ4v) is 3.76. The molecule has 1 fully saturated rings. The van der Waals surface area contributed by atoms with E-state index in [2.05, 4.69) is 6.58 Å². The van der Waals surface area contributed by atoms with E-state index < -0.39 is 24.3 Å². The van der Waals surface area contributed by atoms with Gasteiger partial charge in [-0.25, -0.2) is 0 Å². The van der Waals surface area contributed by atoms with Crippen molar-refractivity contribution in [2.24, 2.45) is 17.3 Å². The van der Waals surface area contributed by atoms with Crippen molar-refractivity contribution in [1.82, 2.24) is 0 Å². The van der Waals surface area contributed by atoms with Crippen molar-refractivity contribution in [3.63, 3.8) is 0 Å². The molecule has 2 N–H and O–H groups in total. The first kappa shape index (κ1) is 16.9. The lowest BCUT2D eigenvalue weighted by atomic mass is 9.51. The highest BCUT2D eigenvalue weighted by Gasteiger charge is 2.55. The number of ether oxygens (including phenoxy) is 1. The zero-order chi connectivity index (χ0) is 16.8. The molecule has 2 aliphatic carbocycles. The molecule has 0 radical (unpaired) electrons. The molecule has 122 valence electrons. The highest BCUT2D eigenvalue weighted by molar-refractivity contribution is 6.01. The molecule has 5 nitrogen and oxygen atoms in total. The number of hydrogen-bond donors (Lipinski definition) is 2. The van der Waals surface area contributed by atoms with Gasteiger partial charge in [-0.1, -0.05) is 20.4 Å². The van der Waals surface area contributed by atoms with Crippen LogP contribution >= 0.6 is 0 Å². The van der Waals surface area contributed by atoms with E-state index in [0.717, 1.165) is 0 Å². The summed E-state index contributed by atoms with van der Waals surface area (Å²) in [7, 11) is 0. The summed E-state index contributed by atoms with van der Waals surface area (Å²) in [4.78, 5) is 23.8. The van der Waals surface area contributed by atoms with Gasteiger partial charge < -0.3 is 14.9 Å². The van der Waals surface area contributed by atoms with Crippen LogP contribution in [-0.2, 0) is 14.3 Å². The highest BCUT2D eigenvalue weighted by atomic mass is 16.5. The Morgan fingerprint density at radius 1 is 1.41 bits per heavy atom. The van der Waals surface area contributed by atoms with Gasteiger partial charge in [0.1, 0.15) is 6.10 Å². The van der Waals surface area contributed by atoms with E-state index in [-0.39, 0.29) is 23.0 Å². The monoisotopic (exact) mass is 308 g/mol. The van der Waals surface area contributed by atoms with Crippen molar-refractivity contribution in [1.29, 1.82) is 0 Å². The van der Waals surface area contributed by atoms with Crippen molar-refractivity contribution in [3.05, 3.63) is 23.8 Å². The summed E-state index contributed by atoms with van der Waals surface area (Å²) in [5.74, 6) is -1.39. The minimum absolute atomic E-state index is 0.185. The van der Waals surface area contributed by atoms with Crippen molar-refractivity contribution in [3.8, 4) is 0 Å². The summed E-state index contributed by atoms with van der Waals surface area (Å²) >= 11 is 0. The average molecular weight is 308 g/mol. The molecule has 0 amide bonds. The van der Waals surface area contributed by atoms with Crippen LogP contribution in [-0.4, -0.2) is 40.3 Å². The largest absolute Gasteiger partial charge is 0.450 e. The Balaban J connectivity index is 2.43. The second-order valence-corrected chi connectivity index (χ2v) is 7.09. The van der Waals surface area contributed by atoms with Gasteiger partial charge in [0.05, 0.1) is 6.10 Å². The maximum absolute atomic E-state index is 12.6. The van der Waals surface area contributed by atoms with Crippen LogP contribution in [0.15, 0.2) is 23.8 Å². The van der Waals surface area contributed by atoms with Crippen LogP contribution in [0.3, 0.4) is 0 Å². The first-order valence-electron chi connectivity index (χ1n) is 7.51. The molecule has 0 saturated heterocycles. The number of ketones is 1. The molecule has 5 atom stereocenters. The lowest BCUT2D eigenvalue weighted by Gasteiger charge is -2.54. The van der Waals surface area contributed by atoms with Gasteiger partial charge in [0.25, 0.3) is 0 Å². The van der Waals surface area contributed by atoms with Crippen LogP contribution in [0.25, 0.3) is 0 Å². The second kappa shape index (κ2) is 5.63. The lowest BCUT2D eigenvalue weighted by Crippen LogP contribution is -2.55. The summed E-state index contributed by atoms with van der Waals surface area (Å²) in [6.07, 6.45) is -1.05. The second-order valence-electron chi connectivity index (χ2n) is 7.09. The number of aliphatic hydroxyl groups excluding tert-OH is 2. The first-order chi connectivity index (χ1) is 10.1. The Bertz CT molecular complexity index is 545. The van der Waals surface area contributed by atoms with Crippen molar-refractivity contribution in [2.45, 2.75) is 52.4 Å². The molecular weight excluding hydrogens is 284 g/mol. The van der Waals surface area contributed by atoms with Gasteiger partial charge in [0.15, 0.2) is 6.10 Å². The van der Waals surface area contributed by atoms with Crippen molar-refractivity contribution < 1.29 is 24.5 Å². The molecule has 22 heavy (non-hydrogen) atoms. The molecule has 1 saturated carbocycles. The van der Waals surface area contributed by atoms with Gasteiger partial charge >= 0.3 is 5.97 Å². The van der Waals surface area contributed by atoms with Gasteiger partial charge in [0, 0.05) is 6.92 Å². The quantitative estimate of drug-likeness (QED) is 0.434. The molecule has 0 bridgehead atoms. The fourth-order valence-electron chi connectivity index (χ4n) is 3.76. The summed E-state index contributed by atoms with van der Waals surface area (Å²) in [5.41, 5.74) is 0.589. The Morgan fingerprint density at radius 3 is 2.50 bits per heavy atom. The predicted molar refractivity (Wildman–Crippen MR) is 80.8 cm³/mol. The number of carbonyl (C=O) groups excluding carboxylic acids is 2. The van der Waals surface area contributed by atoms with Crippen LogP contribution in [0.4, 0.5) is 0 Å². The number of aliphatic hydroxyl groups is 2. The normalized spacial score (nSPS) is 40.3. The van der Waals surface area contributed by atoms with Gasteiger partial charge in [0.2, 0.25) is 5.78 Å². The zero-order valence-electron chi connectivity index (χ0n) is 13.5. The summed E-state index contributed by atoms with van der Waals surface area (Å²) < 4.78 is 5.06. The molecule has 0 unspecified atom stereocenters. The lowest BCUT2D eigenvalue weighted by molar-refractivity contribution is -0.150. The Kier molecular flexibility index (Phi) is 4.33. The third-order valence-electron chi connectivity index (χ3n) is 4.97. The fraction of sp³-hybridized carbons (Fsp3) is 0.647. The SMILES string of the molecule is C=C1C(=O)[C@H](OC(C)=O)/C=C(/C)[C@H](O)[C@H](O)[C@@H]2[C@@H]1CC2(C)C. The molecule has 0 spiro atoms. The van der Waals surface area contributed by atoms with Crippen LogP contribution in [0.2, 0.25) is 0 Å². The number of esters is 1. The summed E-state index contributed by atoms with van der Waals surface area (Å²) in [5, 5.41) is 20.9. The first-order valence-corrected chi connectivity index (χ1v) is 7.51. The van der Waals surface area contributed by atoms with Gasteiger partial charge in [-0.3, -0.25) is 9.59 Å². The molecule has 0 aromatic rings. The predicted octanol–water partition coefficient (Wildman–Crippen LogP) is 1.39. The van der Waals surface area contributed by atoms with E-state index >= 15 is 0 Å². The molecule has 5 heteroatoms. The number of hydrogen-bond acceptors (Lipinski definition) is 5. The topological polar surface area (TPSA) is 83.8 Å². The zero-order valence-corrected chi connectivity index (χ0v) is 13.5. The van der Waals surface area contributed by atoms with Crippen molar-refractivity contribution >= 4 is 11.8 Å². The molecular formula is C17H24O5. The molecule has 0 aromatic carbocycles. The van der Waals surface area contributed by atoms with Crippen LogP contribution in [0.5, 0.6) is 0 Å². The maximum atomic E-state index is 12.6. The van der Waals surface area contributed by atoms with Gasteiger partial charge in [-0.15, -0.1) is 0 Å². The molecule has 0 heterocycles. The maximum Gasteiger partial charge on any atom is 0.303 e. The number of Topliss-reactive ketones (excluding diaryl/α,β-unsaturated/α-hetero) is 1. The minimum atomic E-state index is -1.09. The molecule has 0 aliphatic heterocycles. The smallest absolute Gasteiger partial charge is 0.303 e. The Morgan fingerprint density at radius 2 is 2.00 bits per heavy atom. The van der Waals surface area contributed by atoms with E-state index in [1.54, 1.807) is 6.92 Å². The van der Waals surface area contributed by atoms with E-state index in [1.165, 1.54) is 13.0 Å². The average Bonchev–Trinajstić information content (AvgIpc) is 2.41. The minimum Gasteiger partial charge on any atom is -0.450 e.